The van der Waals surface area contributed by atoms with Crippen LogP contribution in [0, 0.1) is 5.82 Å². The highest BCUT2D eigenvalue weighted by Gasteiger charge is 2.19. The van der Waals surface area contributed by atoms with Crippen molar-refractivity contribution < 1.29 is 13.5 Å². The van der Waals surface area contributed by atoms with Crippen LogP contribution in [0.1, 0.15) is 24.1 Å². The Morgan fingerprint density at radius 1 is 1.10 bits per heavy atom. The van der Waals surface area contributed by atoms with Crippen LogP contribution < -0.4 is 11.0 Å². The smallest absolute Gasteiger partial charge is 0.229 e. The number of nitrogens with two attached hydrogens (primary N) is 1. The summed E-state index contributed by atoms with van der Waals surface area (Å²) < 4.78 is 30.5. The molecule has 0 fully saturated rings. The van der Waals surface area contributed by atoms with Gasteiger partial charge in [0, 0.05) is 12.0 Å². The summed E-state index contributed by atoms with van der Waals surface area (Å²) in [4.78, 5) is 0. The summed E-state index contributed by atoms with van der Waals surface area (Å²) in [5.74, 6) is -0.287. The summed E-state index contributed by atoms with van der Waals surface area (Å²) in [6.45, 7) is 3.82. The monoisotopic (exact) mass is 307 g/mol. The Morgan fingerprint density at radius 3 is 2.05 bits per heavy atom. The maximum Gasteiger partial charge on any atom is 0.229 e. The standard InChI is InChI=1S/C16H19FNO2P/c1-3-20-21(2,19)15-10-6-13(7-11-15)16(18)12-4-8-14(17)9-5-12/h4-11,16H,3,18H2,1-2H3/t16-,21?/m0/s1. The van der Waals surface area contributed by atoms with Crippen molar-refractivity contribution in [2.24, 2.45) is 5.73 Å². The average molecular weight is 307 g/mol. The zero-order chi connectivity index (χ0) is 15.5. The summed E-state index contributed by atoms with van der Waals surface area (Å²) in [5, 5.41) is 0.666. The predicted molar refractivity (Wildman–Crippen MR) is 83.7 cm³/mol. The first-order valence-corrected chi connectivity index (χ1v) is 8.85. The number of benzene rings is 2. The zero-order valence-corrected chi connectivity index (χ0v) is 13.0. The number of halogens is 1. The SMILES string of the molecule is CCOP(C)(=O)c1ccc([C@@H](N)c2ccc(F)cc2)cc1. The van der Waals surface area contributed by atoms with Gasteiger partial charge in [-0.25, -0.2) is 4.39 Å². The van der Waals surface area contributed by atoms with Crippen LogP contribution in [0.15, 0.2) is 48.5 Å². The number of hydrogen-bond donors (Lipinski definition) is 1. The first-order chi connectivity index (χ1) is 9.94. The molecule has 2 rings (SSSR count). The van der Waals surface area contributed by atoms with Crippen LogP contribution in [-0.2, 0) is 9.09 Å². The molecule has 3 nitrogen and oxygen atoms in total. The van der Waals surface area contributed by atoms with E-state index in [0.717, 1.165) is 11.1 Å². The number of rotatable bonds is 5. The van der Waals surface area contributed by atoms with Crippen LogP contribution in [0.25, 0.3) is 0 Å². The van der Waals surface area contributed by atoms with E-state index in [1.165, 1.54) is 12.1 Å². The molecule has 2 N–H and O–H groups in total. The molecule has 0 aromatic heterocycles. The minimum Gasteiger partial charge on any atom is -0.326 e. The van der Waals surface area contributed by atoms with Gasteiger partial charge in [-0.05, 0) is 42.3 Å². The van der Waals surface area contributed by atoms with E-state index in [2.05, 4.69) is 0 Å². The van der Waals surface area contributed by atoms with E-state index in [-0.39, 0.29) is 11.9 Å². The molecule has 21 heavy (non-hydrogen) atoms. The summed E-state index contributed by atoms with van der Waals surface area (Å²) >= 11 is 0. The van der Waals surface area contributed by atoms with E-state index in [0.29, 0.717) is 11.9 Å². The fourth-order valence-electron chi connectivity index (χ4n) is 2.14. The summed E-state index contributed by atoms with van der Waals surface area (Å²) in [5.41, 5.74) is 7.87. The van der Waals surface area contributed by atoms with E-state index in [9.17, 15) is 8.96 Å². The molecule has 0 aliphatic rings. The van der Waals surface area contributed by atoms with Crippen molar-refractivity contribution >= 4 is 12.7 Å². The maximum atomic E-state index is 12.9. The summed E-state index contributed by atoms with van der Waals surface area (Å²) in [6.07, 6.45) is 0. The Kier molecular flexibility index (Phi) is 4.94. The zero-order valence-electron chi connectivity index (χ0n) is 12.1. The molecule has 112 valence electrons. The molecule has 2 atom stereocenters. The van der Waals surface area contributed by atoms with Crippen LogP contribution in [-0.4, -0.2) is 13.3 Å². The second-order valence-electron chi connectivity index (χ2n) is 4.88. The molecule has 0 aliphatic heterocycles. The highest BCUT2D eigenvalue weighted by molar-refractivity contribution is 7.66. The molecular weight excluding hydrogens is 288 g/mol. The van der Waals surface area contributed by atoms with E-state index in [1.54, 1.807) is 30.9 Å². The third kappa shape index (κ3) is 3.79. The second kappa shape index (κ2) is 6.52. The molecule has 0 spiro atoms. The van der Waals surface area contributed by atoms with Crippen LogP contribution >= 0.6 is 7.37 Å². The molecule has 0 saturated carbocycles. The summed E-state index contributed by atoms with van der Waals surface area (Å²) in [7, 11) is -2.76. The van der Waals surface area contributed by atoms with Crippen molar-refractivity contribution in [3.8, 4) is 0 Å². The van der Waals surface area contributed by atoms with Crippen molar-refractivity contribution in [3.05, 3.63) is 65.5 Å². The van der Waals surface area contributed by atoms with E-state index < -0.39 is 7.37 Å². The van der Waals surface area contributed by atoms with Crippen LogP contribution in [0.4, 0.5) is 4.39 Å². The lowest BCUT2D eigenvalue weighted by Crippen LogP contribution is -2.13. The Labute approximate surface area is 124 Å². The molecule has 2 aromatic carbocycles. The van der Waals surface area contributed by atoms with E-state index in [1.807, 2.05) is 19.1 Å². The summed E-state index contributed by atoms with van der Waals surface area (Å²) in [6, 6.07) is 13.0. The lowest BCUT2D eigenvalue weighted by Gasteiger charge is -2.16. The van der Waals surface area contributed by atoms with Gasteiger partial charge in [0.25, 0.3) is 0 Å². The minimum absolute atomic E-state index is 0.287. The minimum atomic E-state index is -2.76. The first kappa shape index (κ1) is 15.9. The normalized spacial score (nSPS) is 15.4. The molecule has 0 amide bonds. The fourth-order valence-corrected chi connectivity index (χ4v) is 3.47. The molecule has 1 unspecified atom stereocenters. The molecule has 0 bridgehead atoms. The molecular formula is C16H19FNO2P. The Bertz CT molecular complexity index is 640. The molecule has 0 aliphatic carbocycles. The van der Waals surface area contributed by atoms with Crippen LogP contribution in [0.5, 0.6) is 0 Å². The van der Waals surface area contributed by atoms with Gasteiger partial charge in [-0.3, -0.25) is 4.57 Å². The largest absolute Gasteiger partial charge is 0.326 e. The molecule has 5 heteroatoms. The predicted octanol–water partition coefficient (Wildman–Crippen LogP) is 3.44. The van der Waals surface area contributed by atoms with Gasteiger partial charge in [0.05, 0.1) is 12.6 Å². The van der Waals surface area contributed by atoms with Gasteiger partial charge in [0.1, 0.15) is 5.82 Å². The van der Waals surface area contributed by atoms with Gasteiger partial charge in [-0.2, -0.15) is 0 Å². The molecule has 0 saturated heterocycles. The Hall–Kier alpha value is -1.48. The van der Waals surface area contributed by atoms with E-state index in [4.69, 9.17) is 10.3 Å². The third-order valence-corrected chi connectivity index (χ3v) is 5.31. The maximum absolute atomic E-state index is 12.9. The van der Waals surface area contributed by atoms with Crippen molar-refractivity contribution in [1.29, 1.82) is 0 Å². The van der Waals surface area contributed by atoms with Crippen molar-refractivity contribution in [2.45, 2.75) is 13.0 Å². The third-order valence-electron chi connectivity index (χ3n) is 3.33. The Morgan fingerprint density at radius 2 is 1.57 bits per heavy atom. The van der Waals surface area contributed by atoms with Gasteiger partial charge >= 0.3 is 0 Å². The molecule has 0 heterocycles. The van der Waals surface area contributed by atoms with Crippen molar-refractivity contribution in [3.63, 3.8) is 0 Å². The van der Waals surface area contributed by atoms with Gasteiger partial charge in [-0.1, -0.05) is 24.3 Å². The van der Waals surface area contributed by atoms with Gasteiger partial charge < -0.3 is 10.3 Å². The van der Waals surface area contributed by atoms with Crippen LogP contribution in [0.3, 0.4) is 0 Å². The lowest BCUT2D eigenvalue weighted by molar-refractivity contribution is 0.345. The lowest BCUT2D eigenvalue weighted by atomic mass is 10.00. The quantitative estimate of drug-likeness (QED) is 0.861. The van der Waals surface area contributed by atoms with Gasteiger partial charge in [0.2, 0.25) is 7.37 Å². The topological polar surface area (TPSA) is 52.3 Å². The second-order valence-corrected chi connectivity index (χ2v) is 7.35. The molecule has 2 aromatic rings. The fraction of sp³-hybridized carbons (Fsp3) is 0.250. The van der Waals surface area contributed by atoms with Crippen LogP contribution in [0.2, 0.25) is 0 Å². The Balaban J connectivity index is 2.22. The average Bonchev–Trinajstić information content (AvgIpc) is 2.47. The molecule has 0 radical (unpaired) electrons. The first-order valence-electron chi connectivity index (χ1n) is 6.77. The highest BCUT2D eigenvalue weighted by atomic mass is 31.2. The van der Waals surface area contributed by atoms with Gasteiger partial charge in [-0.15, -0.1) is 0 Å². The number of hydrogen-bond acceptors (Lipinski definition) is 3. The van der Waals surface area contributed by atoms with Gasteiger partial charge in [0.15, 0.2) is 0 Å². The highest BCUT2D eigenvalue weighted by Crippen LogP contribution is 2.41. The van der Waals surface area contributed by atoms with E-state index >= 15 is 0 Å². The van der Waals surface area contributed by atoms with Crippen molar-refractivity contribution in [1.82, 2.24) is 0 Å². The van der Waals surface area contributed by atoms with Crippen molar-refractivity contribution in [2.75, 3.05) is 13.3 Å².